The van der Waals surface area contributed by atoms with E-state index in [0.29, 0.717) is 17.8 Å². The van der Waals surface area contributed by atoms with E-state index in [-0.39, 0.29) is 10.7 Å². The van der Waals surface area contributed by atoms with Gasteiger partial charge in [-0.05, 0) is 42.3 Å². The van der Waals surface area contributed by atoms with E-state index < -0.39 is 10.0 Å². The second kappa shape index (κ2) is 6.46. The number of halogens is 1. The second-order valence-electron chi connectivity index (χ2n) is 5.25. The van der Waals surface area contributed by atoms with E-state index in [1.165, 1.54) is 24.5 Å². The molecule has 4 nitrogen and oxygen atoms in total. The Labute approximate surface area is 130 Å². The van der Waals surface area contributed by atoms with Crippen LogP contribution in [0.2, 0.25) is 0 Å². The van der Waals surface area contributed by atoms with Gasteiger partial charge >= 0.3 is 0 Å². The van der Waals surface area contributed by atoms with Crippen LogP contribution in [0.1, 0.15) is 11.1 Å². The third kappa shape index (κ3) is 3.64. The van der Waals surface area contributed by atoms with Crippen LogP contribution in [0.3, 0.4) is 0 Å². The van der Waals surface area contributed by atoms with Gasteiger partial charge in [0, 0.05) is 26.3 Å². The molecule has 0 radical (unpaired) electrons. The minimum Gasteiger partial charge on any atom is -0.381 e. The molecule has 0 atom stereocenters. The Bertz CT molecular complexity index is 773. The van der Waals surface area contributed by atoms with Gasteiger partial charge in [-0.1, -0.05) is 18.2 Å². The van der Waals surface area contributed by atoms with Crippen LogP contribution in [0, 0.1) is 12.7 Å². The maximum atomic E-state index is 13.5. The highest BCUT2D eigenvalue weighted by molar-refractivity contribution is 7.89. The normalized spacial score (nSPS) is 11.7. The predicted octanol–water partition coefficient (Wildman–Crippen LogP) is 3.00. The van der Waals surface area contributed by atoms with E-state index >= 15 is 0 Å². The van der Waals surface area contributed by atoms with E-state index in [9.17, 15) is 12.8 Å². The van der Waals surface area contributed by atoms with Crippen molar-refractivity contribution in [1.82, 2.24) is 4.31 Å². The topological polar surface area (TPSA) is 49.4 Å². The third-order valence-corrected chi connectivity index (χ3v) is 5.16. The van der Waals surface area contributed by atoms with Crippen molar-refractivity contribution < 1.29 is 12.8 Å². The van der Waals surface area contributed by atoms with Crippen LogP contribution in [-0.4, -0.2) is 26.8 Å². The Morgan fingerprint density at radius 1 is 1.14 bits per heavy atom. The summed E-state index contributed by atoms with van der Waals surface area (Å²) in [6, 6.07) is 11.6. The molecule has 22 heavy (non-hydrogen) atoms. The molecule has 0 amide bonds. The highest BCUT2D eigenvalue weighted by atomic mass is 32.2. The zero-order valence-corrected chi connectivity index (χ0v) is 13.6. The lowest BCUT2D eigenvalue weighted by molar-refractivity contribution is 0.520. The molecule has 1 N–H and O–H groups in total. The number of hydrogen-bond acceptors (Lipinski definition) is 3. The van der Waals surface area contributed by atoms with Crippen LogP contribution in [-0.2, 0) is 16.6 Å². The predicted molar refractivity (Wildman–Crippen MR) is 85.8 cm³/mol. The molecule has 2 rings (SSSR count). The number of anilines is 1. The van der Waals surface area contributed by atoms with Crippen molar-refractivity contribution in [2.45, 2.75) is 18.4 Å². The maximum Gasteiger partial charge on any atom is 0.242 e. The minimum atomic E-state index is -3.45. The smallest absolute Gasteiger partial charge is 0.242 e. The van der Waals surface area contributed by atoms with Crippen LogP contribution in [0.4, 0.5) is 10.1 Å². The largest absolute Gasteiger partial charge is 0.381 e. The Morgan fingerprint density at radius 3 is 2.50 bits per heavy atom. The van der Waals surface area contributed by atoms with E-state index in [2.05, 4.69) is 5.32 Å². The van der Waals surface area contributed by atoms with Crippen molar-refractivity contribution >= 4 is 15.7 Å². The summed E-state index contributed by atoms with van der Waals surface area (Å²) >= 11 is 0. The lowest BCUT2D eigenvalue weighted by atomic mass is 10.2. The summed E-state index contributed by atoms with van der Waals surface area (Å²) in [6.07, 6.45) is 0. The van der Waals surface area contributed by atoms with E-state index in [1.807, 2.05) is 6.07 Å². The Morgan fingerprint density at radius 2 is 1.86 bits per heavy atom. The first-order valence-electron chi connectivity index (χ1n) is 6.82. The van der Waals surface area contributed by atoms with Crippen LogP contribution in [0.15, 0.2) is 47.4 Å². The summed E-state index contributed by atoms with van der Waals surface area (Å²) in [5.41, 5.74) is 2.05. The summed E-state index contributed by atoms with van der Waals surface area (Å²) in [5, 5.41) is 3.09. The van der Waals surface area contributed by atoms with Crippen LogP contribution in [0.5, 0.6) is 0 Å². The van der Waals surface area contributed by atoms with Gasteiger partial charge in [0.25, 0.3) is 0 Å². The highest BCUT2D eigenvalue weighted by Crippen LogP contribution is 2.17. The molecule has 0 bridgehead atoms. The first-order valence-corrected chi connectivity index (χ1v) is 8.26. The van der Waals surface area contributed by atoms with E-state index in [4.69, 9.17) is 0 Å². The van der Waals surface area contributed by atoms with Gasteiger partial charge in [-0.2, -0.15) is 0 Å². The van der Waals surface area contributed by atoms with Gasteiger partial charge in [0.1, 0.15) is 5.82 Å². The third-order valence-electron chi connectivity index (χ3n) is 3.35. The van der Waals surface area contributed by atoms with Crippen molar-refractivity contribution in [3.8, 4) is 0 Å². The van der Waals surface area contributed by atoms with Gasteiger partial charge in [-0.25, -0.2) is 17.1 Å². The van der Waals surface area contributed by atoms with Crippen molar-refractivity contribution in [2.75, 3.05) is 19.4 Å². The first-order chi connectivity index (χ1) is 10.3. The fraction of sp³-hybridized carbons (Fsp3) is 0.250. The number of nitrogens with zero attached hydrogens (tertiary/aromatic N) is 1. The summed E-state index contributed by atoms with van der Waals surface area (Å²) in [7, 11) is -0.458. The second-order valence-corrected chi connectivity index (χ2v) is 7.40. The van der Waals surface area contributed by atoms with Crippen molar-refractivity contribution in [1.29, 1.82) is 0 Å². The molecule has 0 aliphatic heterocycles. The molecule has 0 aliphatic carbocycles. The van der Waals surface area contributed by atoms with Gasteiger partial charge in [-0.15, -0.1) is 0 Å². The number of rotatable bonds is 5. The Kier molecular flexibility index (Phi) is 4.83. The molecule has 0 saturated heterocycles. The summed E-state index contributed by atoms with van der Waals surface area (Å²) < 4.78 is 38.9. The number of sulfonamides is 1. The maximum absolute atomic E-state index is 13.5. The lowest BCUT2D eigenvalue weighted by Gasteiger charge is -2.13. The Hall–Kier alpha value is -1.92. The number of nitrogens with one attached hydrogen (secondary N) is 1. The van der Waals surface area contributed by atoms with Gasteiger partial charge in [-0.3, -0.25) is 0 Å². The van der Waals surface area contributed by atoms with Gasteiger partial charge in [0.2, 0.25) is 10.0 Å². The monoisotopic (exact) mass is 322 g/mol. The number of benzene rings is 2. The molecule has 0 heterocycles. The molecule has 6 heteroatoms. The molecule has 118 valence electrons. The molecule has 0 aromatic heterocycles. The van der Waals surface area contributed by atoms with Crippen LogP contribution in [0.25, 0.3) is 0 Å². The average Bonchev–Trinajstić information content (AvgIpc) is 2.48. The number of aryl methyl sites for hydroxylation is 1. The van der Waals surface area contributed by atoms with Gasteiger partial charge < -0.3 is 5.32 Å². The lowest BCUT2D eigenvalue weighted by Crippen LogP contribution is -2.22. The molecule has 0 aliphatic rings. The minimum absolute atomic E-state index is 0.242. The Balaban J connectivity index is 2.16. The molecular weight excluding hydrogens is 303 g/mol. The van der Waals surface area contributed by atoms with Crippen LogP contribution < -0.4 is 5.32 Å². The SMILES string of the molecule is Cc1ccc(NCc2cccc(S(=O)(=O)N(C)C)c2)cc1F. The first kappa shape index (κ1) is 16.5. The summed E-state index contributed by atoms with van der Waals surface area (Å²) in [4.78, 5) is 0.242. The molecule has 2 aromatic rings. The van der Waals surface area contributed by atoms with Crippen molar-refractivity contribution in [3.63, 3.8) is 0 Å². The quantitative estimate of drug-likeness (QED) is 0.920. The number of hydrogen-bond donors (Lipinski definition) is 1. The average molecular weight is 322 g/mol. The molecule has 0 saturated carbocycles. The molecule has 0 spiro atoms. The standard InChI is InChI=1S/C16H19FN2O2S/c1-12-7-8-14(10-16(12)17)18-11-13-5-4-6-15(9-13)22(20,21)19(2)3/h4-10,18H,11H2,1-3H3. The van der Waals surface area contributed by atoms with Crippen molar-refractivity contribution in [2.24, 2.45) is 0 Å². The van der Waals surface area contributed by atoms with Crippen LogP contribution >= 0.6 is 0 Å². The van der Waals surface area contributed by atoms with Gasteiger partial charge in [0.05, 0.1) is 4.90 Å². The fourth-order valence-electron chi connectivity index (χ4n) is 1.93. The zero-order valence-electron chi connectivity index (χ0n) is 12.8. The molecule has 0 unspecified atom stereocenters. The van der Waals surface area contributed by atoms with Gasteiger partial charge in [0.15, 0.2) is 0 Å². The summed E-state index contributed by atoms with van der Waals surface area (Å²) in [6.45, 7) is 2.12. The highest BCUT2D eigenvalue weighted by Gasteiger charge is 2.16. The molecule has 2 aromatic carbocycles. The van der Waals surface area contributed by atoms with E-state index in [1.54, 1.807) is 37.3 Å². The molecule has 0 fully saturated rings. The van der Waals surface area contributed by atoms with E-state index in [0.717, 1.165) is 5.56 Å². The molecular formula is C16H19FN2O2S. The zero-order chi connectivity index (χ0) is 16.3. The van der Waals surface area contributed by atoms with Crippen molar-refractivity contribution in [3.05, 3.63) is 59.4 Å². The fourth-order valence-corrected chi connectivity index (χ4v) is 2.91. The summed E-state index contributed by atoms with van der Waals surface area (Å²) in [5.74, 6) is -0.270.